The summed E-state index contributed by atoms with van der Waals surface area (Å²) in [7, 11) is 1.67. The lowest BCUT2D eigenvalue weighted by Crippen LogP contribution is -2.21. The Morgan fingerprint density at radius 3 is 2.85 bits per heavy atom. The first-order chi connectivity index (χ1) is 12.5. The summed E-state index contributed by atoms with van der Waals surface area (Å²) in [5.74, 6) is 0.470. The summed E-state index contributed by atoms with van der Waals surface area (Å²) >= 11 is 0. The molecule has 0 saturated carbocycles. The standard InChI is InChI=1S/C20H23N5O/c1-14(17-10-7-11-24-13-17)12-25-20(23-3)18(21)19(22)26-15(2)16-8-5-4-6-9-16/h5,7-13,22-23H,1-2,4,6,21H2,3H3/b20-18-,22-19?,25-12-. The van der Waals surface area contributed by atoms with E-state index in [9.17, 15) is 0 Å². The van der Waals surface area contributed by atoms with Crippen molar-refractivity contribution >= 4 is 17.7 Å². The van der Waals surface area contributed by atoms with Crippen molar-refractivity contribution in [2.75, 3.05) is 7.05 Å². The smallest absolute Gasteiger partial charge is 0.239 e. The number of nitrogens with one attached hydrogen (secondary N) is 2. The van der Waals surface area contributed by atoms with Crippen LogP contribution in [0, 0.1) is 5.41 Å². The summed E-state index contributed by atoms with van der Waals surface area (Å²) in [6, 6.07) is 3.70. The van der Waals surface area contributed by atoms with Gasteiger partial charge in [0.15, 0.2) is 5.82 Å². The van der Waals surface area contributed by atoms with Crippen molar-refractivity contribution < 1.29 is 4.74 Å². The number of aromatic nitrogens is 1. The van der Waals surface area contributed by atoms with Gasteiger partial charge in [-0.05, 0) is 24.5 Å². The third-order valence-electron chi connectivity index (χ3n) is 3.66. The molecular formula is C20H23N5O. The first-order valence-corrected chi connectivity index (χ1v) is 8.16. The Balaban J connectivity index is 2.08. The quantitative estimate of drug-likeness (QED) is 0.400. The number of hydrogen-bond donors (Lipinski definition) is 3. The van der Waals surface area contributed by atoms with E-state index in [0.717, 1.165) is 24.0 Å². The van der Waals surface area contributed by atoms with Gasteiger partial charge in [0, 0.05) is 36.8 Å². The van der Waals surface area contributed by atoms with Crippen LogP contribution in [0.2, 0.25) is 0 Å². The van der Waals surface area contributed by atoms with Crippen molar-refractivity contribution in [2.24, 2.45) is 10.7 Å². The number of ether oxygens (including phenoxy) is 1. The van der Waals surface area contributed by atoms with Gasteiger partial charge in [0.1, 0.15) is 11.5 Å². The van der Waals surface area contributed by atoms with E-state index in [-0.39, 0.29) is 11.6 Å². The van der Waals surface area contributed by atoms with Crippen LogP contribution in [0.15, 0.2) is 83.8 Å². The Kier molecular flexibility index (Phi) is 6.68. The van der Waals surface area contributed by atoms with E-state index >= 15 is 0 Å². The average molecular weight is 349 g/mol. The minimum atomic E-state index is -0.219. The van der Waals surface area contributed by atoms with Gasteiger partial charge in [-0.2, -0.15) is 0 Å². The second kappa shape index (κ2) is 9.17. The maximum absolute atomic E-state index is 8.06. The highest BCUT2D eigenvalue weighted by molar-refractivity contribution is 6.09. The molecule has 0 bridgehead atoms. The molecule has 0 fully saturated rings. The van der Waals surface area contributed by atoms with Gasteiger partial charge in [-0.25, -0.2) is 4.99 Å². The summed E-state index contributed by atoms with van der Waals surface area (Å²) in [6.45, 7) is 7.81. The monoisotopic (exact) mass is 349 g/mol. The van der Waals surface area contributed by atoms with E-state index < -0.39 is 0 Å². The summed E-state index contributed by atoms with van der Waals surface area (Å²) in [4.78, 5) is 8.32. The molecule has 2 rings (SSSR count). The molecule has 6 nitrogen and oxygen atoms in total. The van der Waals surface area contributed by atoms with Crippen molar-refractivity contribution in [3.05, 3.63) is 84.3 Å². The normalized spacial score (nSPS) is 14.4. The second-order valence-electron chi connectivity index (χ2n) is 5.53. The zero-order valence-corrected chi connectivity index (χ0v) is 14.8. The second-order valence-corrected chi connectivity index (χ2v) is 5.53. The Morgan fingerprint density at radius 1 is 1.42 bits per heavy atom. The van der Waals surface area contributed by atoms with Gasteiger partial charge in [0.2, 0.25) is 5.90 Å². The third-order valence-corrected chi connectivity index (χ3v) is 3.66. The van der Waals surface area contributed by atoms with Gasteiger partial charge in [-0.1, -0.05) is 37.5 Å². The van der Waals surface area contributed by atoms with Crippen LogP contribution in [0.1, 0.15) is 18.4 Å². The van der Waals surface area contributed by atoms with Crippen molar-refractivity contribution in [3.63, 3.8) is 0 Å². The molecule has 4 N–H and O–H groups in total. The molecule has 0 saturated heterocycles. The zero-order valence-electron chi connectivity index (χ0n) is 14.8. The van der Waals surface area contributed by atoms with Crippen LogP contribution in [-0.2, 0) is 4.74 Å². The van der Waals surface area contributed by atoms with Crippen LogP contribution in [0.25, 0.3) is 5.57 Å². The van der Waals surface area contributed by atoms with Crippen molar-refractivity contribution in [3.8, 4) is 0 Å². The molecule has 6 heteroatoms. The van der Waals surface area contributed by atoms with E-state index in [4.69, 9.17) is 15.9 Å². The zero-order chi connectivity index (χ0) is 18.9. The Labute approximate surface area is 153 Å². The third kappa shape index (κ3) is 5.04. The predicted octanol–water partition coefficient (Wildman–Crippen LogP) is 3.30. The summed E-state index contributed by atoms with van der Waals surface area (Å²) in [6.07, 6.45) is 12.8. The topological polar surface area (TPSA) is 96.4 Å². The predicted molar refractivity (Wildman–Crippen MR) is 106 cm³/mol. The maximum atomic E-state index is 8.06. The highest BCUT2D eigenvalue weighted by atomic mass is 16.5. The summed E-state index contributed by atoms with van der Waals surface area (Å²) < 4.78 is 5.47. The molecule has 0 amide bonds. The van der Waals surface area contributed by atoms with E-state index in [1.807, 2.05) is 30.4 Å². The molecule has 0 spiro atoms. The number of hydrogen-bond acceptors (Lipinski definition) is 6. The van der Waals surface area contributed by atoms with Crippen LogP contribution in [0.5, 0.6) is 0 Å². The minimum Gasteiger partial charge on any atom is -0.437 e. The molecule has 0 aliphatic heterocycles. The van der Waals surface area contributed by atoms with Gasteiger partial charge in [-0.3, -0.25) is 10.4 Å². The highest BCUT2D eigenvalue weighted by Gasteiger charge is 2.12. The van der Waals surface area contributed by atoms with Crippen molar-refractivity contribution in [2.45, 2.75) is 12.8 Å². The van der Waals surface area contributed by atoms with Crippen molar-refractivity contribution in [1.82, 2.24) is 10.3 Å². The number of rotatable bonds is 7. The van der Waals surface area contributed by atoms with Gasteiger partial charge in [-0.15, -0.1) is 0 Å². The fourth-order valence-electron chi connectivity index (χ4n) is 2.20. The van der Waals surface area contributed by atoms with Crippen LogP contribution in [0.4, 0.5) is 0 Å². The molecule has 0 unspecified atom stereocenters. The Bertz CT molecular complexity index is 816. The first kappa shape index (κ1) is 18.9. The van der Waals surface area contributed by atoms with E-state index in [1.165, 1.54) is 0 Å². The first-order valence-electron chi connectivity index (χ1n) is 8.16. The minimum absolute atomic E-state index is 0.0734. The van der Waals surface area contributed by atoms with E-state index in [0.29, 0.717) is 17.2 Å². The molecule has 0 radical (unpaired) electrons. The lowest BCUT2D eigenvalue weighted by Gasteiger charge is -2.14. The average Bonchev–Trinajstić information content (AvgIpc) is 2.69. The fraction of sp³-hybridized carbons (Fsp3) is 0.150. The molecule has 0 atom stereocenters. The number of nitrogens with zero attached hydrogens (tertiary/aromatic N) is 2. The Morgan fingerprint density at radius 2 is 2.23 bits per heavy atom. The largest absolute Gasteiger partial charge is 0.437 e. The number of nitrogens with two attached hydrogens (primary N) is 1. The number of allylic oxidation sites excluding steroid dienone is 4. The van der Waals surface area contributed by atoms with Gasteiger partial charge in [0.05, 0.1) is 0 Å². The Hall–Kier alpha value is -3.41. The molecule has 1 aromatic rings. The SMILES string of the molecule is C=C(OC(=N)/C(N)=C(/N=C\C(=C)c1cccnc1)NC)C1=CCCC=C1. The van der Waals surface area contributed by atoms with Gasteiger partial charge in [0.25, 0.3) is 0 Å². The molecular weight excluding hydrogens is 326 g/mol. The summed E-state index contributed by atoms with van der Waals surface area (Å²) in [5.41, 5.74) is 8.46. The van der Waals surface area contributed by atoms with E-state index in [1.54, 1.807) is 25.7 Å². The number of pyridine rings is 1. The molecule has 1 aliphatic carbocycles. The lowest BCUT2D eigenvalue weighted by atomic mass is 10.1. The molecule has 0 aromatic carbocycles. The van der Waals surface area contributed by atoms with Gasteiger partial charge < -0.3 is 15.8 Å². The van der Waals surface area contributed by atoms with E-state index in [2.05, 4.69) is 28.5 Å². The number of aliphatic imine (C=N–C) groups is 1. The molecule has 1 aliphatic rings. The highest BCUT2D eigenvalue weighted by Crippen LogP contribution is 2.18. The lowest BCUT2D eigenvalue weighted by molar-refractivity contribution is 0.425. The maximum Gasteiger partial charge on any atom is 0.239 e. The molecule has 1 heterocycles. The molecule has 134 valence electrons. The fourth-order valence-corrected chi connectivity index (χ4v) is 2.20. The molecule has 26 heavy (non-hydrogen) atoms. The van der Waals surface area contributed by atoms with Gasteiger partial charge >= 0.3 is 0 Å². The van der Waals surface area contributed by atoms with Crippen LogP contribution < -0.4 is 11.1 Å². The van der Waals surface area contributed by atoms with Crippen LogP contribution >= 0.6 is 0 Å². The molecule has 1 aromatic heterocycles. The van der Waals surface area contributed by atoms with Crippen LogP contribution in [0.3, 0.4) is 0 Å². The summed E-state index contributed by atoms with van der Waals surface area (Å²) in [5, 5.41) is 10.9. The van der Waals surface area contributed by atoms with Crippen molar-refractivity contribution in [1.29, 1.82) is 5.41 Å². The van der Waals surface area contributed by atoms with Crippen LogP contribution in [-0.4, -0.2) is 24.1 Å².